The molecule has 0 fully saturated rings. The maximum Gasteiger partial charge on any atom is 0.124 e. The van der Waals surface area contributed by atoms with E-state index >= 15 is 0 Å². The zero-order valence-electron chi connectivity index (χ0n) is 11.1. The number of halogens is 1. The minimum absolute atomic E-state index is 0.410. The Morgan fingerprint density at radius 3 is 2.15 bits per heavy atom. The van der Waals surface area contributed by atoms with E-state index < -0.39 is 0 Å². The average molecular weight is 289 g/mol. The van der Waals surface area contributed by atoms with E-state index in [-0.39, 0.29) is 0 Å². The predicted molar refractivity (Wildman–Crippen MR) is 79.0 cm³/mol. The van der Waals surface area contributed by atoms with Crippen LogP contribution in [0, 0.1) is 11.3 Å². The lowest BCUT2D eigenvalue weighted by atomic mass is 10.2. The summed E-state index contributed by atoms with van der Waals surface area (Å²) < 4.78 is 10.4. The van der Waals surface area contributed by atoms with E-state index in [9.17, 15) is 0 Å². The lowest BCUT2D eigenvalue weighted by Crippen LogP contribution is -1.94. The van der Waals surface area contributed by atoms with E-state index in [1.807, 2.05) is 18.2 Å². The minimum Gasteiger partial charge on any atom is -0.497 e. The Balaban J connectivity index is 2.30. The largest absolute Gasteiger partial charge is 0.497 e. The smallest absolute Gasteiger partial charge is 0.124 e. The zero-order chi connectivity index (χ0) is 14.5. The topological polar surface area (TPSA) is 54.3 Å². The summed E-state index contributed by atoms with van der Waals surface area (Å²) in [6.07, 6.45) is 0. The Morgan fingerprint density at radius 2 is 1.65 bits per heavy atom. The van der Waals surface area contributed by atoms with Crippen molar-refractivity contribution in [2.24, 2.45) is 0 Å². The number of benzene rings is 2. The van der Waals surface area contributed by atoms with Gasteiger partial charge in [-0.05, 0) is 18.2 Å². The minimum atomic E-state index is 0.410. The fraction of sp³-hybridized carbons (Fsp3) is 0.133. The van der Waals surface area contributed by atoms with Gasteiger partial charge in [0.05, 0.1) is 24.8 Å². The summed E-state index contributed by atoms with van der Waals surface area (Å²) in [4.78, 5) is 0. The average Bonchev–Trinajstić information content (AvgIpc) is 2.47. The molecule has 0 bridgehead atoms. The van der Waals surface area contributed by atoms with Crippen LogP contribution in [0.25, 0.3) is 0 Å². The second kappa shape index (κ2) is 6.18. The van der Waals surface area contributed by atoms with Crippen molar-refractivity contribution in [3.8, 4) is 17.6 Å². The molecule has 5 heteroatoms. The van der Waals surface area contributed by atoms with E-state index in [1.54, 1.807) is 38.5 Å². The molecule has 0 aliphatic rings. The fourth-order valence-corrected chi connectivity index (χ4v) is 1.95. The summed E-state index contributed by atoms with van der Waals surface area (Å²) in [5.41, 5.74) is 2.03. The quantitative estimate of drug-likeness (QED) is 0.925. The zero-order valence-corrected chi connectivity index (χ0v) is 11.9. The molecule has 0 saturated carbocycles. The van der Waals surface area contributed by atoms with Gasteiger partial charge in [0.25, 0.3) is 0 Å². The van der Waals surface area contributed by atoms with Crippen LogP contribution in [-0.2, 0) is 0 Å². The molecule has 2 aromatic carbocycles. The van der Waals surface area contributed by atoms with E-state index in [2.05, 4.69) is 5.32 Å². The number of rotatable bonds is 4. The van der Waals surface area contributed by atoms with E-state index in [1.165, 1.54) is 0 Å². The number of anilines is 2. The van der Waals surface area contributed by atoms with Gasteiger partial charge in [0, 0.05) is 29.6 Å². The monoisotopic (exact) mass is 288 g/mol. The molecule has 0 spiro atoms. The highest BCUT2D eigenvalue weighted by Crippen LogP contribution is 2.29. The number of nitriles is 1. The first kappa shape index (κ1) is 14.0. The van der Waals surface area contributed by atoms with Crippen molar-refractivity contribution < 1.29 is 9.47 Å². The lowest BCUT2D eigenvalue weighted by molar-refractivity contribution is 0.395. The number of hydrogen-bond acceptors (Lipinski definition) is 4. The van der Waals surface area contributed by atoms with Gasteiger partial charge >= 0.3 is 0 Å². The Labute approximate surface area is 122 Å². The van der Waals surface area contributed by atoms with Crippen molar-refractivity contribution in [3.05, 3.63) is 47.0 Å². The molecule has 0 aliphatic carbocycles. The third-order valence-corrected chi connectivity index (χ3v) is 3.04. The van der Waals surface area contributed by atoms with E-state index in [0.29, 0.717) is 22.1 Å². The summed E-state index contributed by atoms with van der Waals surface area (Å²) in [6, 6.07) is 12.7. The van der Waals surface area contributed by atoms with E-state index in [4.69, 9.17) is 26.3 Å². The molecule has 2 rings (SSSR count). The van der Waals surface area contributed by atoms with Gasteiger partial charge in [-0.25, -0.2) is 0 Å². The van der Waals surface area contributed by atoms with Crippen molar-refractivity contribution in [3.63, 3.8) is 0 Å². The molecule has 20 heavy (non-hydrogen) atoms. The number of nitrogens with zero attached hydrogens (tertiary/aromatic N) is 1. The highest BCUT2D eigenvalue weighted by molar-refractivity contribution is 6.32. The Bertz CT molecular complexity index is 643. The third kappa shape index (κ3) is 3.14. The van der Waals surface area contributed by atoms with Crippen LogP contribution in [0.1, 0.15) is 5.56 Å². The van der Waals surface area contributed by atoms with E-state index in [0.717, 1.165) is 11.4 Å². The Hall–Kier alpha value is -2.38. The lowest BCUT2D eigenvalue weighted by Gasteiger charge is -2.11. The van der Waals surface area contributed by atoms with Crippen LogP contribution < -0.4 is 14.8 Å². The fourth-order valence-electron chi connectivity index (χ4n) is 1.73. The molecule has 0 amide bonds. The van der Waals surface area contributed by atoms with Crippen LogP contribution in [0.4, 0.5) is 11.4 Å². The molecule has 0 unspecified atom stereocenters. The molecular weight excluding hydrogens is 276 g/mol. The first-order chi connectivity index (χ1) is 9.66. The van der Waals surface area contributed by atoms with Crippen molar-refractivity contribution >= 4 is 23.0 Å². The normalized spacial score (nSPS) is 9.70. The summed E-state index contributed by atoms with van der Waals surface area (Å²) in [5, 5.41) is 12.4. The van der Waals surface area contributed by atoms with Gasteiger partial charge < -0.3 is 14.8 Å². The van der Waals surface area contributed by atoms with Crippen LogP contribution in [0.2, 0.25) is 5.02 Å². The summed E-state index contributed by atoms with van der Waals surface area (Å²) >= 11 is 6.00. The molecule has 102 valence electrons. The highest BCUT2D eigenvalue weighted by atomic mass is 35.5. The van der Waals surface area contributed by atoms with Crippen LogP contribution in [-0.4, -0.2) is 14.2 Å². The van der Waals surface area contributed by atoms with Gasteiger partial charge in [-0.2, -0.15) is 5.26 Å². The van der Waals surface area contributed by atoms with Gasteiger partial charge in [0.15, 0.2) is 0 Å². The summed E-state index contributed by atoms with van der Waals surface area (Å²) in [6.45, 7) is 0. The summed E-state index contributed by atoms with van der Waals surface area (Å²) in [5.74, 6) is 1.37. The predicted octanol–water partition coefficient (Wildman–Crippen LogP) is 3.97. The van der Waals surface area contributed by atoms with Gasteiger partial charge in [-0.3, -0.25) is 0 Å². The molecule has 0 aliphatic heterocycles. The molecule has 0 saturated heterocycles. The molecular formula is C15H13ClN2O2. The standard InChI is InChI=1S/C15H13ClN2O2/c1-19-13-5-12(6-14(8-13)20-2)18-11-4-3-10(9-17)15(16)7-11/h3-8,18H,1-2H3. The van der Waals surface area contributed by atoms with Gasteiger partial charge in [-0.15, -0.1) is 0 Å². The maximum absolute atomic E-state index is 8.85. The summed E-state index contributed by atoms with van der Waals surface area (Å²) in [7, 11) is 3.19. The Kier molecular flexibility index (Phi) is 4.34. The van der Waals surface area contributed by atoms with Crippen molar-refractivity contribution in [1.82, 2.24) is 0 Å². The molecule has 4 nitrogen and oxygen atoms in total. The van der Waals surface area contributed by atoms with Crippen molar-refractivity contribution in [2.45, 2.75) is 0 Å². The maximum atomic E-state index is 8.85. The van der Waals surface area contributed by atoms with Crippen LogP contribution in [0.5, 0.6) is 11.5 Å². The van der Waals surface area contributed by atoms with Crippen LogP contribution >= 0.6 is 11.6 Å². The number of ether oxygens (including phenoxy) is 2. The van der Waals surface area contributed by atoms with Gasteiger partial charge in [-0.1, -0.05) is 11.6 Å². The van der Waals surface area contributed by atoms with Gasteiger partial charge in [0.2, 0.25) is 0 Å². The molecule has 0 heterocycles. The van der Waals surface area contributed by atoms with Gasteiger partial charge in [0.1, 0.15) is 17.6 Å². The van der Waals surface area contributed by atoms with Crippen LogP contribution in [0.15, 0.2) is 36.4 Å². The molecule has 2 aromatic rings. The van der Waals surface area contributed by atoms with Crippen LogP contribution in [0.3, 0.4) is 0 Å². The molecule has 0 aromatic heterocycles. The second-order valence-corrected chi connectivity index (χ2v) is 4.44. The third-order valence-electron chi connectivity index (χ3n) is 2.73. The number of methoxy groups -OCH3 is 2. The first-order valence-corrected chi connectivity index (χ1v) is 6.24. The van der Waals surface area contributed by atoms with Crippen molar-refractivity contribution in [1.29, 1.82) is 5.26 Å². The SMILES string of the molecule is COc1cc(Nc2ccc(C#N)c(Cl)c2)cc(OC)c1. The highest BCUT2D eigenvalue weighted by Gasteiger charge is 2.04. The second-order valence-electron chi connectivity index (χ2n) is 4.03. The molecule has 0 radical (unpaired) electrons. The number of nitrogens with one attached hydrogen (secondary N) is 1. The Morgan fingerprint density at radius 1 is 1.00 bits per heavy atom. The molecule has 1 N–H and O–H groups in total. The first-order valence-electron chi connectivity index (χ1n) is 5.86. The van der Waals surface area contributed by atoms with Crippen molar-refractivity contribution in [2.75, 3.05) is 19.5 Å². The molecule has 0 atom stereocenters. The number of hydrogen-bond donors (Lipinski definition) is 1.